The van der Waals surface area contributed by atoms with E-state index in [1.165, 1.54) is 5.56 Å². The summed E-state index contributed by atoms with van der Waals surface area (Å²) in [6.07, 6.45) is 0.941. The Kier molecular flexibility index (Phi) is 4.95. The summed E-state index contributed by atoms with van der Waals surface area (Å²) in [7, 11) is -3.55. The van der Waals surface area contributed by atoms with Gasteiger partial charge in [-0.15, -0.1) is 0 Å². The Morgan fingerprint density at radius 1 is 1.00 bits per heavy atom. The molecule has 0 bridgehead atoms. The lowest BCUT2D eigenvalue weighted by Crippen LogP contribution is -2.31. The smallest absolute Gasteiger partial charge is 0.182 e. The third-order valence-corrected chi connectivity index (χ3v) is 7.95. The first-order valence-corrected chi connectivity index (χ1v) is 10.3. The van der Waals surface area contributed by atoms with Crippen LogP contribution in [0.25, 0.3) is 0 Å². The molecular formula is C19H23ClN2O2S. The molecule has 0 amide bonds. The molecule has 2 aromatic carbocycles. The Labute approximate surface area is 154 Å². The van der Waals surface area contributed by atoms with E-state index in [1.54, 1.807) is 24.3 Å². The molecule has 4 nitrogen and oxygen atoms in total. The number of hydrogen-bond donors (Lipinski definition) is 2. The average molecular weight is 379 g/mol. The minimum Gasteiger partial charge on any atom is -0.330 e. The summed E-state index contributed by atoms with van der Waals surface area (Å²) in [4.78, 5) is 0.265. The molecule has 0 heterocycles. The molecular weight excluding hydrogens is 356 g/mol. The molecule has 0 radical (unpaired) electrons. The number of nitrogens with two attached hydrogens (primary N) is 2. The number of benzene rings is 2. The first kappa shape index (κ1) is 18.4. The van der Waals surface area contributed by atoms with E-state index in [-0.39, 0.29) is 23.9 Å². The van der Waals surface area contributed by atoms with Crippen LogP contribution in [0.5, 0.6) is 0 Å². The quantitative estimate of drug-likeness (QED) is 0.809. The second-order valence-electron chi connectivity index (χ2n) is 6.63. The van der Waals surface area contributed by atoms with Crippen molar-refractivity contribution in [1.29, 1.82) is 0 Å². The van der Waals surface area contributed by atoms with Crippen LogP contribution in [0.3, 0.4) is 0 Å². The van der Waals surface area contributed by atoms with Crippen LogP contribution in [0, 0.1) is 5.41 Å². The highest BCUT2D eigenvalue weighted by Crippen LogP contribution is 2.62. The molecule has 2 aromatic rings. The van der Waals surface area contributed by atoms with Gasteiger partial charge in [-0.05, 0) is 41.8 Å². The van der Waals surface area contributed by atoms with Gasteiger partial charge in [-0.2, -0.15) is 0 Å². The predicted octanol–water partition coefficient (Wildman–Crippen LogP) is 2.75. The summed E-state index contributed by atoms with van der Waals surface area (Å²) < 4.78 is 26.4. The van der Waals surface area contributed by atoms with Crippen molar-refractivity contribution in [2.24, 2.45) is 16.9 Å². The molecule has 0 unspecified atom stereocenters. The van der Waals surface area contributed by atoms with Gasteiger partial charge in [0, 0.05) is 29.4 Å². The fraction of sp³-hybridized carbons (Fsp3) is 0.368. The van der Waals surface area contributed by atoms with Gasteiger partial charge in [-0.1, -0.05) is 42.8 Å². The van der Waals surface area contributed by atoms with E-state index in [0.29, 0.717) is 5.02 Å². The van der Waals surface area contributed by atoms with Crippen molar-refractivity contribution >= 4 is 21.4 Å². The summed E-state index contributed by atoms with van der Waals surface area (Å²) in [5.74, 6) is -0.186. The number of hydrogen-bond acceptors (Lipinski definition) is 4. The van der Waals surface area contributed by atoms with Crippen LogP contribution in [0.15, 0.2) is 53.4 Å². The normalized spacial score (nSPS) is 21.9. The van der Waals surface area contributed by atoms with Gasteiger partial charge in [0.15, 0.2) is 9.84 Å². The van der Waals surface area contributed by atoms with E-state index in [2.05, 4.69) is 6.92 Å². The first-order chi connectivity index (χ1) is 11.9. The van der Waals surface area contributed by atoms with Gasteiger partial charge in [-0.3, -0.25) is 0 Å². The highest BCUT2D eigenvalue weighted by atomic mass is 35.5. The molecule has 3 rings (SSSR count). The maximum absolute atomic E-state index is 13.2. The Balaban J connectivity index is 2.02. The predicted molar refractivity (Wildman–Crippen MR) is 102 cm³/mol. The standard InChI is InChI=1S/C19H23ClN2O2S/c1-2-13-3-5-14(6-4-13)17-18(19(17,11-21)12-22)25(23,24)16-9-7-15(20)8-10-16/h3-10,17-18H,2,11-12,21-22H2,1H3/t17-,18-/m1/s1. The van der Waals surface area contributed by atoms with Crippen LogP contribution >= 0.6 is 11.6 Å². The lowest BCUT2D eigenvalue weighted by molar-refractivity contribution is 0.510. The van der Waals surface area contributed by atoms with Gasteiger partial charge >= 0.3 is 0 Å². The zero-order chi connectivity index (χ0) is 18.2. The van der Waals surface area contributed by atoms with Crippen LogP contribution in [-0.4, -0.2) is 26.8 Å². The van der Waals surface area contributed by atoms with Crippen LogP contribution in [0.4, 0.5) is 0 Å². The number of rotatable bonds is 6. The molecule has 134 valence electrons. The van der Waals surface area contributed by atoms with E-state index in [1.807, 2.05) is 24.3 Å². The minimum absolute atomic E-state index is 0.186. The number of sulfone groups is 1. The van der Waals surface area contributed by atoms with Crippen molar-refractivity contribution in [2.45, 2.75) is 29.4 Å². The van der Waals surface area contributed by atoms with Crippen LogP contribution in [0.2, 0.25) is 5.02 Å². The largest absolute Gasteiger partial charge is 0.330 e. The number of aryl methyl sites for hydroxylation is 1. The van der Waals surface area contributed by atoms with E-state index in [4.69, 9.17) is 23.1 Å². The molecule has 4 N–H and O–H groups in total. The van der Waals surface area contributed by atoms with E-state index in [0.717, 1.165) is 12.0 Å². The summed E-state index contributed by atoms with van der Waals surface area (Å²) in [5, 5.41) is -0.103. The Hall–Kier alpha value is -1.40. The van der Waals surface area contributed by atoms with Crippen molar-refractivity contribution < 1.29 is 8.42 Å². The molecule has 0 saturated heterocycles. The highest BCUT2D eigenvalue weighted by Gasteiger charge is 2.69. The van der Waals surface area contributed by atoms with Gasteiger partial charge in [-0.25, -0.2) is 8.42 Å². The first-order valence-electron chi connectivity index (χ1n) is 8.39. The fourth-order valence-electron chi connectivity index (χ4n) is 3.75. The zero-order valence-electron chi connectivity index (χ0n) is 14.2. The maximum Gasteiger partial charge on any atom is 0.182 e. The second kappa shape index (κ2) is 6.72. The average Bonchev–Trinajstić information content (AvgIpc) is 3.33. The van der Waals surface area contributed by atoms with Crippen molar-refractivity contribution in [3.05, 3.63) is 64.7 Å². The minimum atomic E-state index is -3.55. The lowest BCUT2D eigenvalue weighted by atomic mass is 9.98. The summed E-state index contributed by atoms with van der Waals surface area (Å²) >= 11 is 5.89. The Bertz CT molecular complexity index is 844. The van der Waals surface area contributed by atoms with Crippen LogP contribution < -0.4 is 11.5 Å². The topological polar surface area (TPSA) is 86.2 Å². The van der Waals surface area contributed by atoms with Crippen molar-refractivity contribution in [2.75, 3.05) is 13.1 Å². The molecule has 0 aliphatic heterocycles. The molecule has 6 heteroatoms. The van der Waals surface area contributed by atoms with Crippen molar-refractivity contribution in [1.82, 2.24) is 0 Å². The second-order valence-corrected chi connectivity index (χ2v) is 9.14. The van der Waals surface area contributed by atoms with Gasteiger partial charge in [0.05, 0.1) is 10.1 Å². The third-order valence-electron chi connectivity index (χ3n) is 5.36. The van der Waals surface area contributed by atoms with Gasteiger partial charge in [0.25, 0.3) is 0 Å². The summed E-state index contributed by atoms with van der Waals surface area (Å²) in [5.41, 5.74) is 13.6. The molecule has 0 aromatic heterocycles. The molecule has 1 saturated carbocycles. The number of halogens is 1. The molecule has 25 heavy (non-hydrogen) atoms. The van der Waals surface area contributed by atoms with Gasteiger partial charge in [0.2, 0.25) is 0 Å². The SMILES string of the molecule is CCc1ccc([C@@H]2[C@@H](S(=O)(=O)c3ccc(Cl)cc3)C2(CN)CN)cc1. The van der Waals surface area contributed by atoms with Gasteiger partial charge in [0.1, 0.15) is 0 Å². The van der Waals surface area contributed by atoms with E-state index in [9.17, 15) is 8.42 Å². The lowest BCUT2D eigenvalue weighted by Gasteiger charge is -2.13. The van der Waals surface area contributed by atoms with E-state index >= 15 is 0 Å². The van der Waals surface area contributed by atoms with Gasteiger partial charge < -0.3 is 11.5 Å². The molecule has 2 atom stereocenters. The molecule has 1 fully saturated rings. The molecule has 1 aliphatic rings. The zero-order valence-corrected chi connectivity index (χ0v) is 15.7. The monoisotopic (exact) mass is 378 g/mol. The van der Waals surface area contributed by atoms with Crippen molar-refractivity contribution in [3.63, 3.8) is 0 Å². The summed E-state index contributed by atoms with van der Waals surface area (Å²) in [6, 6.07) is 14.4. The van der Waals surface area contributed by atoms with Crippen molar-refractivity contribution in [3.8, 4) is 0 Å². The highest BCUT2D eigenvalue weighted by molar-refractivity contribution is 7.92. The Morgan fingerprint density at radius 3 is 2.04 bits per heavy atom. The summed E-state index contributed by atoms with van der Waals surface area (Å²) in [6.45, 7) is 2.56. The van der Waals surface area contributed by atoms with E-state index < -0.39 is 20.5 Å². The van der Waals surface area contributed by atoms with Crippen LogP contribution in [-0.2, 0) is 16.3 Å². The Morgan fingerprint density at radius 2 is 1.56 bits per heavy atom. The molecule has 0 spiro atoms. The third kappa shape index (κ3) is 2.99. The molecule has 1 aliphatic carbocycles. The maximum atomic E-state index is 13.2. The fourth-order valence-corrected chi connectivity index (χ4v) is 6.35. The van der Waals surface area contributed by atoms with Crippen LogP contribution in [0.1, 0.15) is 24.0 Å².